The Hall–Kier alpha value is -1.17. The van der Waals surface area contributed by atoms with Gasteiger partial charge < -0.3 is 14.4 Å². The van der Waals surface area contributed by atoms with E-state index in [0.29, 0.717) is 10.6 Å². The molecule has 2 aliphatic carbocycles. The zero-order valence-corrected chi connectivity index (χ0v) is 15.1. The molecule has 0 amide bonds. The van der Waals surface area contributed by atoms with Crippen molar-refractivity contribution in [3.63, 3.8) is 0 Å². The van der Waals surface area contributed by atoms with Crippen LogP contribution in [-0.2, 0) is 4.74 Å². The number of aromatic nitrogens is 3. The molecule has 2 fully saturated rings. The Morgan fingerprint density at radius 1 is 1.29 bits per heavy atom. The minimum absolute atomic E-state index is 0.0261. The lowest BCUT2D eigenvalue weighted by Gasteiger charge is -2.44. The monoisotopic (exact) mass is 349 g/mol. The van der Waals surface area contributed by atoms with Crippen molar-refractivity contribution < 1.29 is 9.84 Å². The first-order valence-corrected chi connectivity index (χ1v) is 9.01. The van der Waals surface area contributed by atoms with Gasteiger partial charge in [0, 0.05) is 6.20 Å². The third kappa shape index (κ3) is 2.72. The van der Waals surface area contributed by atoms with Crippen LogP contribution in [0.25, 0.3) is 11.0 Å². The molecule has 0 bridgehead atoms. The Bertz CT molecular complexity index is 761. The van der Waals surface area contributed by atoms with E-state index in [9.17, 15) is 5.11 Å². The molecule has 0 saturated heterocycles. The zero-order chi connectivity index (χ0) is 17.1. The van der Waals surface area contributed by atoms with Gasteiger partial charge in [0.15, 0.2) is 5.79 Å². The second kappa shape index (κ2) is 5.41. The Balaban J connectivity index is 1.71. The summed E-state index contributed by atoms with van der Waals surface area (Å²) < 4.78 is 8.20. The number of hydrogen-bond donors (Lipinski definition) is 1. The molecule has 4 rings (SSSR count). The molecule has 6 heteroatoms. The molecule has 2 aromatic rings. The highest BCUT2D eigenvalue weighted by Gasteiger charge is 2.53. The van der Waals surface area contributed by atoms with Gasteiger partial charge in [-0.05, 0) is 56.9 Å². The van der Waals surface area contributed by atoms with Crippen molar-refractivity contribution >= 4 is 22.6 Å². The van der Waals surface area contributed by atoms with Gasteiger partial charge in [-0.15, -0.1) is 0 Å². The van der Waals surface area contributed by atoms with Crippen molar-refractivity contribution in [3.05, 3.63) is 23.7 Å². The zero-order valence-electron chi connectivity index (χ0n) is 14.4. The van der Waals surface area contributed by atoms with Crippen LogP contribution in [-0.4, -0.2) is 31.5 Å². The molecule has 130 valence electrons. The molecular formula is C18H24ClN3O2. The maximum Gasteiger partial charge on any atom is 0.160 e. The number of hydrogen-bond acceptors (Lipinski definition) is 4. The first kappa shape index (κ1) is 16.3. The minimum atomic E-state index is -1.14. The van der Waals surface area contributed by atoms with Crippen LogP contribution >= 0.6 is 11.6 Å². The molecule has 2 atom stereocenters. The van der Waals surface area contributed by atoms with Crippen molar-refractivity contribution in [1.29, 1.82) is 0 Å². The van der Waals surface area contributed by atoms with E-state index >= 15 is 0 Å². The Morgan fingerprint density at radius 3 is 2.71 bits per heavy atom. The van der Waals surface area contributed by atoms with Crippen molar-refractivity contribution in [2.24, 2.45) is 11.3 Å². The van der Waals surface area contributed by atoms with Gasteiger partial charge in [0.2, 0.25) is 0 Å². The number of aliphatic hydroxyl groups is 1. The minimum Gasteiger partial charge on any atom is -0.366 e. The second-order valence-corrected chi connectivity index (χ2v) is 8.57. The number of rotatable bonds is 3. The molecule has 5 nitrogen and oxygen atoms in total. The van der Waals surface area contributed by atoms with Gasteiger partial charge in [0.05, 0.1) is 17.5 Å². The first-order valence-electron chi connectivity index (χ1n) is 8.64. The highest BCUT2D eigenvalue weighted by Crippen LogP contribution is 2.60. The Kier molecular flexibility index (Phi) is 3.68. The molecule has 0 radical (unpaired) electrons. The maximum absolute atomic E-state index is 10.2. The molecular weight excluding hydrogens is 326 g/mol. The van der Waals surface area contributed by atoms with Gasteiger partial charge in [0.1, 0.15) is 17.1 Å². The van der Waals surface area contributed by atoms with Crippen LogP contribution in [0.1, 0.15) is 52.5 Å². The summed E-state index contributed by atoms with van der Waals surface area (Å²) in [5.41, 5.74) is 1.18. The number of ether oxygens (including phenoxy) is 1. The lowest BCUT2D eigenvalue weighted by atomic mass is 9.61. The SMILES string of the molecule is CC1CC2(C1)C[C@@H](n1ccc3c(Cl)ncnc31)[C@H](OC(C)(C)O)C2. The van der Waals surface area contributed by atoms with E-state index in [0.717, 1.165) is 29.8 Å². The van der Waals surface area contributed by atoms with E-state index in [-0.39, 0.29) is 12.1 Å². The average molecular weight is 350 g/mol. The molecule has 1 spiro atoms. The van der Waals surface area contributed by atoms with Crippen molar-refractivity contribution in [2.75, 3.05) is 0 Å². The van der Waals surface area contributed by atoms with E-state index in [1.807, 2.05) is 12.3 Å². The van der Waals surface area contributed by atoms with Gasteiger partial charge in [-0.2, -0.15) is 0 Å². The van der Waals surface area contributed by atoms with Gasteiger partial charge in [-0.3, -0.25) is 0 Å². The first-order chi connectivity index (χ1) is 11.3. The van der Waals surface area contributed by atoms with Crippen molar-refractivity contribution in [1.82, 2.24) is 14.5 Å². The van der Waals surface area contributed by atoms with Crippen LogP contribution < -0.4 is 0 Å². The van der Waals surface area contributed by atoms with Gasteiger partial charge in [-0.25, -0.2) is 9.97 Å². The lowest BCUT2D eigenvalue weighted by molar-refractivity contribution is -0.212. The van der Waals surface area contributed by atoms with Crippen LogP contribution in [0.3, 0.4) is 0 Å². The van der Waals surface area contributed by atoms with Crippen LogP contribution in [0, 0.1) is 11.3 Å². The van der Waals surface area contributed by atoms with Crippen LogP contribution in [0.4, 0.5) is 0 Å². The van der Waals surface area contributed by atoms with Crippen molar-refractivity contribution in [2.45, 2.75) is 64.4 Å². The van der Waals surface area contributed by atoms with E-state index in [1.54, 1.807) is 13.8 Å². The molecule has 1 N–H and O–H groups in total. The predicted molar refractivity (Wildman–Crippen MR) is 92.8 cm³/mol. The topological polar surface area (TPSA) is 60.2 Å². The number of nitrogens with zero attached hydrogens (tertiary/aromatic N) is 3. The summed E-state index contributed by atoms with van der Waals surface area (Å²) in [6, 6.07) is 2.13. The summed E-state index contributed by atoms with van der Waals surface area (Å²) in [4.78, 5) is 8.49. The lowest BCUT2D eigenvalue weighted by Crippen LogP contribution is -2.35. The Labute approximate surface area is 147 Å². The largest absolute Gasteiger partial charge is 0.366 e. The summed E-state index contributed by atoms with van der Waals surface area (Å²) in [6.07, 6.45) is 8.03. The number of fused-ring (bicyclic) bond motifs is 1. The summed E-state index contributed by atoms with van der Waals surface area (Å²) in [7, 11) is 0. The molecule has 2 saturated carbocycles. The highest BCUT2D eigenvalue weighted by molar-refractivity contribution is 6.33. The third-order valence-corrected chi connectivity index (χ3v) is 5.83. The van der Waals surface area contributed by atoms with Crippen LogP contribution in [0.15, 0.2) is 18.6 Å². The highest BCUT2D eigenvalue weighted by atomic mass is 35.5. The summed E-state index contributed by atoms with van der Waals surface area (Å²) >= 11 is 6.20. The summed E-state index contributed by atoms with van der Waals surface area (Å²) in [5, 5.41) is 11.5. The maximum atomic E-state index is 10.2. The Morgan fingerprint density at radius 2 is 2.04 bits per heavy atom. The summed E-state index contributed by atoms with van der Waals surface area (Å²) in [6.45, 7) is 5.71. The standard InChI is InChI=1S/C18H24ClN3O2/c1-11-6-18(7-11)8-13(14(9-18)24-17(2,3)23)22-5-4-12-15(19)20-10-21-16(12)22/h4-5,10-11,13-14,23H,6-9H2,1-3H3/t11?,13-,14-,18?/m1/s1. The van der Waals surface area contributed by atoms with E-state index in [1.165, 1.54) is 19.2 Å². The second-order valence-electron chi connectivity index (χ2n) is 8.22. The van der Waals surface area contributed by atoms with Crippen molar-refractivity contribution in [3.8, 4) is 0 Å². The fourth-order valence-corrected chi connectivity index (χ4v) is 5.14. The average Bonchev–Trinajstić information content (AvgIpc) is 2.99. The predicted octanol–water partition coefficient (Wildman–Crippen LogP) is 3.95. The molecule has 2 aliphatic rings. The third-order valence-electron chi connectivity index (χ3n) is 5.53. The molecule has 0 aliphatic heterocycles. The van der Waals surface area contributed by atoms with E-state index in [2.05, 4.69) is 21.5 Å². The molecule has 0 unspecified atom stereocenters. The molecule has 24 heavy (non-hydrogen) atoms. The number of halogens is 1. The summed E-state index contributed by atoms with van der Waals surface area (Å²) in [5.74, 6) is -0.357. The molecule has 2 aromatic heterocycles. The van der Waals surface area contributed by atoms with Gasteiger partial charge in [-0.1, -0.05) is 18.5 Å². The van der Waals surface area contributed by atoms with Crippen LogP contribution in [0.5, 0.6) is 0 Å². The van der Waals surface area contributed by atoms with Gasteiger partial charge in [0.25, 0.3) is 0 Å². The van der Waals surface area contributed by atoms with Gasteiger partial charge >= 0.3 is 0 Å². The molecule has 2 heterocycles. The van der Waals surface area contributed by atoms with Crippen LogP contribution in [0.2, 0.25) is 5.15 Å². The smallest absolute Gasteiger partial charge is 0.160 e. The normalized spacial score (nSPS) is 33.3. The fraction of sp³-hybridized carbons (Fsp3) is 0.667. The molecule has 0 aromatic carbocycles. The quantitative estimate of drug-likeness (QED) is 0.673. The van der Waals surface area contributed by atoms with E-state index < -0.39 is 5.79 Å². The van der Waals surface area contributed by atoms with E-state index in [4.69, 9.17) is 16.3 Å². The fourth-order valence-electron chi connectivity index (χ4n) is 4.95.